The molecule has 0 spiro atoms. The van der Waals surface area contributed by atoms with Gasteiger partial charge in [0.1, 0.15) is 0 Å². The molecular formula is C29H32O. The van der Waals surface area contributed by atoms with Crippen molar-refractivity contribution in [1.82, 2.24) is 0 Å². The molecular weight excluding hydrogens is 364 g/mol. The van der Waals surface area contributed by atoms with Crippen LogP contribution in [-0.4, -0.2) is 5.78 Å². The first kappa shape index (κ1) is 20.6. The Morgan fingerprint density at radius 3 is 2.00 bits per heavy atom. The maximum atomic E-state index is 11.8. The predicted molar refractivity (Wildman–Crippen MR) is 125 cm³/mol. The summed E-state index contributed by atoms with van der Waals surface area (Å²) < 4.78 is 0. The number of hydrogen-bond donors (Lipinski definition) is 0. The fourth-order valence-electron chi connectivity index (χ4n) is 5.92. The Kier molecular flexibility index (Phi) is 4.97. The number of rotatable bonds is 5. The molecule has 4 rings (SSSR count). The summed E-state index contributed by atoms with van der Waals surface area (Å²) in [5.74, 6) is 0.118. The highest BCUT2D eigenvalue weighted by Gasteiger charge is 2.49. The lowest BCUT2D eigenvalue weighted by atomic mass is 9.66. The predicted octanol–water partition coefficient (Wildman–Crippen LogP) is 7.22. The standard InChI is InChI=1S/C29H32O/c1-21(30)22-15-17-24(18-16-22)29(5)20-28(4,25-13-9-10-14-26(25)29)19-27(2,3)23-11-7-6-8-12-23/h6-18H,19-20H2,1-5H3. The van der Waals surface area contributed by atoms with Crippen molar-refractivity contribution < 1.29 is 4.79 Å². The van der Waals surface area contributed by atoms with E-state index in [1.165, 1.54) is 22.3 Å². The van der Waals surface area contributed by atoms with E-state index in [-0.39, 0.29) is 22.0 Å². The molecule has 3 aromatic rings. The number of fused-ring (bicyclic) bond motifs is 1. The van der Waals surface area contributed by atoms with Gasteiger partial charge in [0, 0.05) is 11.0 Å². The molecule has 0 saturated carbocycles. The Morgan fingerprint density at radius 2 is 1.40 bits per heavy atom. The van der Waals surface area contributed by atoms with Crippen LogP contribution in [0.2, 0.25) is 0 Å². The van der Waals surface area contributed by atoms with Gasteiger partial charge in [0.05, 0.1) is 0 Å². The molecule has 154 valence electrons. The van der Waals surface area contributed by atoms with E-state index in [9.17, 15) is 4.79 Å². The molecule has 1 aliphatic rings. The second kappa shape index (κ2) is 7.23. The van der Waals surface area contributed by atoms with Gasteiger partial charge in [-0.25, -0.2) is 0 Å². The topological polar surface area (TPSA) is 17.1 Å². The van der Waals surface area contributed by atoms with Gasteiger partial charge in [-0.15, -0.1) is 0 Å². The number of Topliss-reactive ketones (excluding diaryl/α,β-unsaturated/α-hetero) is 1. The third kappa shape index (κ3) is 3.41. The molecule has 3 aromatic carbocycles. The van der Waals surface area contributed by atoms with Crippen LogP contribution < -0.4 is 0 Å². The van der Waals surface area contributed by atoms with Crippen LogP contribution in [0.5, 0.6) is 0 Å². The highest BCUT2D eigenvalue weighted by Crippen LogP contribution is 2.56. The molecule has 0 bridgehead atoms. The van der Waals surface area contributed by atoms with Crippen LogP contribution in [0.1, 0.15) is 80.1 Å². The number of ketones is 1. The molecule has 0 N–H and O–H groups in total. The summed E-state index contributed by atoms with van der Waals surface area (Å²) in [6, 6.07) is 28.1. The number of hydrogen-bond acceptors (Lipinski definition) is 1. The first-order valence-corrected chi connectivity index (χ1v) is 10.9. The zero-order valence-corrected chi connectivity index (χ0v) is 18.8. The summed E-state index contributed by atoms with van der Waals surface area (Å²) in [6.07, 6.45) is 2.15. The first-order valence-electron chi connectivity index (χ1n) is 10.9. The zero-order valence-electron chi connectivity index (χ0n) is 18.8. The van der Waals surface area contributed by atoms with Crippen molar-refractivity contribution in [3.8, 4) is 0 Å². The maximum Gasteiger partial charge on any atom is 0.159 e. The van der Waals surface area contributed by atoms with E-state index in [4.69, 9.17) is 0 Å². The lowest BCUT2D eigenvalue weighted by Gasteiger charge is -2.37. The van der Waals surface area contributed by atoms with Gasteiger partial charge in [-0.05, 0) is 52.8 Å². The Balaban J connectivity index is 1.76. The average Bonchev–Trinajstić information content (AvgIpc) is 2.96. The smallest absolute Gasteiger partial charge is 0.159 e. The second-order valence-corrected chi connectivity index (χ2v) is 10.2. The van der Waals surface area contributed by atoms with E-state index < -0.39 is 0 Å². The lowest BCUT2D eigenvalue weighted by molar-refractivity contribution is 0.101. The van der Waals surface area contributed by atoms with Gasteiger partial charge in [0.25, 0.3) is 0 Å². The molecule has 0 aromatic heterocycles. The molecule has 0 radical (unpaired) electrons. The van der Waals surface area contributed by atoms with Gasteiger partial charge in [0.2, 0.25) is 0 Å². The Bertz CT molecular complexity index is 1060. The minimum atomic E-state index is -0.0621. The Morgan fingerprint density at radius 1 is 0.833 bits per heavy atom. The molecule has 0 heterocycles. The summed E-state index contributed by atoms with van der Waals surface area (Å²) in [6.45, 7) is 11.2. The largest absolute Gasteiger partial charge is 0.295 e. The molecule has 1 aliphatic carbocycles. The highest BCUT2D eigenvalue weighted by atomic mass is 16.1. The minimum Gasteiger partial charge on any atom is -0.295 e. The van der Waals surface area contributed by atoms with E-state index in [0.717, 1.165) is 18.4 Å². The quantitative estimate of drug-likeness (QED) is 0.416. The zero-order chi connectivity index (χ0) is 21.6. The molecule has 0 amide bonds. The minimum absolute atomic E-state index is 0.0621. The van der Waals surface area contributed by atoms with Crippen LogP contribution in [0.4, 0.5) is 0 Å². The van der Waals surface area contributed by atoms with E-state index in [2.05, 4.69) is 94.4 Å². The summed E-state index contributed by atoms with van der Waals surface area (Å²) in [7, 11) is 0. The van der Waals surface area contributed by atoms with Gasteiger partial charge < -0.3 is 0 Å². The normalized spacial score (nSPS) is 23.2. The first-order chi connectivity index (χ1) is 14.2. The van der Waals surface area contributed by atoms with Crippen molar-refractivity contribution in [3.05, 3.63) is 107 Å². The Hall–Kier alpha value is -2.67. The summed E-state index contributed by atoms with van der Waals surface area (Å²) in [5, 5.41) is 0. The maximum absolute atomic E-state index is 11.8. The van der Waals surface area contributed by atoms with Gasteiger partial charge in [0.15, 0.2) is 5.78 Å². The van der Waals surface area contributed by atoms with Crippen molar-refractivity contribution in [2.24, 2.45) is 0 Å². The monoisotopic (exact) mass is 396 g/mol. The van der Waals surface area contributed by atoms with E-state index >= 15 is 0 Å². The van der Waals surface area contributed by atoms with Crippen molar-refractivity contribution in [3.63, 3.8) is 0 Å². The fraction of sp³-hybridized carbons (Fsp3) is 0.345. The lowest BCUT2D eigenvalue weighted by Crippen LogP contribution is -2.32. The van der Waals surface area contributed by atoms with Gasteiger partial charge in [-0.2, -0.15) is 0 Å². The van der Waals surface area contributed by atoms with Gasteiger partial charge >= 0.3 is 0 Å². The van der Waals surface area contributed by atoms with Crippen LogP contribution in [0.3, 0.4) is 0 Å². The number of benzene rings is 3. The second-order valence-electron chi connectivity index (χ2n) is 10.2. The van der Waals surface area contributed by atoms with Crippen LogP contribution >= 0.6 is 0 Å². The van der Waals surface area contributed by atoms with Crippen molar-refractivity contribution >= 4 is 5.78 Å². The third-order valence-corrected chi connectivity index (χ3v) is 7.23. The molecule has 2 atom stereocenters. The highest BCUT2D eigenvalue weighted by molar-refractivity contribution is 5.94. The van der Waals surface area contributed by atoms with E-state index in [1.54, 1.807) is 6.92 Å². The molecule has 0 saturated heterocycles. The van der Waals surface area contributed by atoms with Crippen LogP contribution in [0.25, 0.3) is 0 Å². The van der Waals surface area contributed by atoms with Crippen LogP contribution in [-0.2, 0) is 16.2 Å². The summed E-state index contributed by atoms with van der Waals surface area (Å²) in [5.41, 5.74) is 6.44. The summed E-state index contributed by atoms with van der Waals surface area (Å²) in [4.78, 5) is 11.8. The molecule has 30 heavy (non-hydrogen) atoms. The molecule has 0 aliphatic heterocycles. The molecule has 1 heteroatoms. The number of carbonyl (C=O) groups excluding carboxylic acids is 1. The van der Waals surface area contributed by atoms with Gasteiger partial charge in [-0.1, -0.05) is 107 Å². The van der Waals surface area contributed by atoms with Crippen molar-refractivity contribution in [2.45, 2.75) is 63.7 Å². The van der Waals surface area contributed by atoms with Gasteiger partial charge in [-0.3, -0.25) is 4.79 Å². The summed E-state index contributed by atoms with van der Waals surface area (Å²) >= 11 is 0. The molecule has 1 nitrogen and oxygen atoms in total. The third-order valence-electron chi connectivity index (χ3n) is 7.23. The van der Waals surface area contributed by atoms with Crippen molar-refractivity contribution in [2.75, 3.05) is 0 Å². The number of carbonyl (C=O) groups is 1. The van der Waals surface area contributed by atoms with Crippen LogP contribution in [0.15, 0.2) is 78.9 Å². The van der Waals surface area contributed by atoms with E-state index in [1.807, 2.05) is 12.1 Å². The molecule has 0 fully saturated rings. The fourth-order valence-corrected chi connectivity index (χ4v) is 5.92. The van der Waals surface area contributed by atoms with Crippen molar-refractivity contribution in [1.29, 1.82) is 0 Å². The average molecular weight is 397 g/mol. The van der Waals surface area contributed by atoms with Crippen LogP contribution in [0, 0.1) is 0 Å². The van der Waals surface area contributed by atoms with E-state index in [0.29, 0.717) is 0 Å². The SMILES string of the molecule is CC(=O)c1ccc(C2(C)CC(C)(CC(C)(C)c3ccccc3)c3ccccc32)cc1. The Labute approximate surface area is 181 Å². The molecule has 2 unspecified atom stereocenters.